The second kappa shape index (κ2) is 5.35. The van der Waals surface area contributed by atoms with Crippen molar-refractivity contribution in [2.45, 2.75) is 6.42 Å². The number of aryl methyl sites for hydroxylation is 1. The van der Waals surface area contributed by atoms with E-state index in [0.717, 1.165) is 29.9 Å². The summed E-state index contributed by atoms with van der Waals surface area (Å²) in [4.78, 5) is 4.55. The van der Waals surface area contributed by atoms with Gasteiger partial charge in [-0.25, -0.2) is 14.1 Å². The quantitative estimate of drug-likeness (QED) is 0.807. The summed E-state index contributed by atoms with van der Waals surface area (Å²) in [7, 11) is 0. The van der Waals surface area contributed by atoms with Crippen LogP contribution < -0.4 is 5.01 Å². The molecule has 1 aromatic heterocycles. The normalized spacial score (nSPS) is 16.2. The first-order chi connectivity index (χ1) is 9.29. The van der Waals surface area contributed by atoms with E-state index in [1.54, 1.807) is 6.07 Å². The zero-order valence-electron chi connectivity index (χ0n) is 10.5. The molecule has 0 unspecified atom stereocenters. The van der Waals surface area contributed by atoms with Crippen molar-refractivity contribution in [2.24, 2.45) is 0 Å². The molecule has 1 aliphatic rings. The van der Waals surface area contributed by atoms with Crippen molar-refractivity contribution >= 4 is 22.6 Å². The maximum Gasteiger partial charge on any atom is 0.130 e. The maximum absolute atomic E-state index is 13.5. The third-order valence-corrected chi connectivity index (χ3v) is 3.44. The zero-order chi connectivity index (χ0) is 13.2. The summed E-state index contributed by atoms with van der Waals surface area (Å²) in [5.41, 5.74) is 1.59. The van der Waals surface area contributed by atoms with E-state index in [4.69, 9.17) is 16.3 Å². The van der Waals surface area contributed by atoms with Crippen molar-refractivity contribution in [2.75, 3.05) is 37.2 Å². The predicted octanol–water partition coefficient (Wildman–Crippen LogP) is 1.92. The molecule has 0 saturated carbocycles. The Kier molecular flexibility index (Phi) is 3.57. The molecule has 4 nitrogen and oxygen atoms in total. The van der Waals surface area contributed by atoms with Gasteiger partial charge in [0.2, 0.25) is 0 Å². The topological polar surface area (TPSA) is 30.3 Å². The highest BCUT2D eigenvalue weighted by atomic mass is 35.5. The number of benzene rings is 1. The number of alkyl halides is 1. The summed E-state index contributed by atoms with van der Waals surface area (Å²) in [5, 5.41) is 2.14. The van der Waals surface area contributed by atoms with E-state index < -0.39 is 0 Å². The van der Waals surface area contributed by atoms with Gasteiger partial charge in [0, 0.05) is 18.4 Å². The molecule has 3 rings (SSSR count). The van der Waals surface area contributed by atoms with Gasteiger partial charge in [0.05, 0.1) is 37.3 Å². The monoisotopic (exact) mass is 283 g/mol. The van der Waals surface area contributed by atoms with Gasteiger partial charge in [-0.05, 0) is 12.1 Å². The highest BCUT2D eigenvalue weighted by molar-refractivity contribution is 6.17. The molecule has 1 fully saturated rings. The van der Waals surface area contributed by atoms with Crippen LogP contribution >= 0.6 is 11.6 Å². The largest absolute Gasteiger partial charge is 0.378 e. The fraction of sp³-hybridized carbons (Fsp3) is 0.462. The molecule has 2 aromatic rings. The molecule has 0 amide bonds. The average molecular weight is 284 g/mol. The summed E-state index contributed by atoms with van der Waals surface area (Å²) >= 11 is 5.84. The van der Waals surface area contributed by atoms with Crippen molar-refractivity contribution in [1.82, 2.24) is 9.66 Å². The molecular weight excluding hydrogens is 269 g/mol. The van der Waals surface area contributed by atoms with Gasteiger partial charge >= 0.3 is 0 Å². The van der Waals surface area contributed by atoms with Gasteiger partial charge in [-0.1, -0.05) is 0 Å². The van der Waals surface area contributed by atoms with Gasteiger partial charge in [-0.2, -0.15) is 0 Å². The lowest BCUT2D eigenvalue weighted by molar-refractivity contribution is 0.111. The first-order valence-corrected chi connectivity index (χ1v) is 6.89. The highest BCUT2D eigenvalue weighted by Crippen LogP contribution is 2.19. The smallest absolute Gasteiger partial charge is 0.130 e. The molecule has 0 spiro atoms. The number of fused-ring (bicyclic) bond motifs is 1. The lowest BCUT2D eigenvalue weighted by Crippen LogP contribution is -2.44. The summed E-state index contributed by atoms with van der Waals surface area (Å²) in [6.45, 7) is 2.90. The van der Waals surface area contributed by atoms with E-state index in [-0.39, 0.29) is 5.82 Å². The van der Waals surface area contributed by atoms with Gasteiger partial charge in [-0.3, -0.25) is 0 Å². The number of imidazole rings is 1. The minimum Gasteiger partial charge on any atom is -0.378 e. The molecule has 2 heterocycles. The number of hydrogen-bond acceptors (Lipinski definition) is 3. The van der Waals surface area contributed by atoms with E-state index in [2.05, 4.69) is 9.99 Å². The number of rotatable bonds is 3. The minimum atomic E-state index is -0.251. The second-order valence-corrected chi connectivity index (χ2v) is 4.86. The summed E-state index contributed by atoms with van der Waals surface area (Å²) < 4.78 is 20.8. The van der Waals surface area contributed by atoms with Crippen molar-refractivity contribution in [1.29, 1.82) is 0 Å². The zero-order valence-corrected chi connectivity index (χ0v) is 11.2. The summed E-state index contributed by atoms with van der Waals surface area (Å²) in [5.74, 6) is 1.12. The predicted molar refractivity (Wildman–Crippen MR) is 72.9 cm³/mol. The van der Waals surface area contributed by atoms with Crippen molar-refractivity contribution in [3.8, 4) is 0 Å². The van der Waals surface area contributed by atoms with Crippen LogP contribution in [0.1, 0.15) is 5.82 Å². The van der Waals surface area contributed by atoms with Crippen LogP contribution in [0.3, 0.4) is 0 Å². The number of nitrogens with zero attached hydrogens (tertiary/aromatic N) is 3. The first-order valence-electron chi connectivity index (χ1n) is 6.35. The molecule has 0 radical (unpaired) electrons. The molecule has 0 atom stereocenters. The molecule has 0 bridgehead atoms. The molecule has 1 aliphatic heterocycles. The van der Waals surface area contributed by atoms with Gasteiger partial charge in [0.15, 0.2) is 0 Å². The second-order valence-electron chi connectivity index (χ2n) is 4.48. The van der Waals surface area contributed by atoms with Gasteiger partial charge in [0.1, 0.15) is 11.6 Å². The maximum atomic E-state index is 13.5. The number of ether oxygens (including phenoxy) is 1. The first kappa shape index (κ1) is 12.7. The van der Waals surface area contributed by atoms with E-state index in [1.165, 1.54) is 12.1 Å². The molecule has 19 heavy (non-hydrogen) atoms. The Morgan fingerprint density at radius 1 is 1.32 bits per heavy atom. The molecule has 0 N–H and O–H groups in total. The fourth-order valence-corrected chi connectivity index (χ4v) is 2.57. The number of morpholine rings is 1. The Morgan fingerprint density at radius 3 is 2.84 bits per heavy atom. The van der Waals surface area contributed by atoms with Crippen molar-refractivity contribution < 1.29 is 9.13 Å². The van der Waals surface area contributed by atoms with E-state index in [0.29, 0.717) is 25.5 Å². The van der Waals surface area contributed by atoms with Crippen LogP contribution in [0.25, 0.3) is 11.0 Å². The van der Waals surface area contributed by atoms with Crippen LogP contribution in [-0.4, -0.2) is 41.8 Å². The van der Waals surface area contributed by atoms with Crippen LogP contribution in [0, 0.1) is 5.82 Å². The lowest BCUT2D eigenvalue weighted by atomic mass is 10.3. The third kappa shape index (κ3) is 2.40. The third-order valence-electron chi connectivity index (χ3n) is 3.25. The lowest BCUT2D eigenvalue weighted by Gasteiger charge is -2.31. The highest BCUT2D eigenvalue weighted by Gasteiger charge is 2.18. The van der Waals surface area contributed by atoms with Crippen molar-refractivity contribution in [3.63, 3.8) is 0 Å². The van der Waals surface area contributed by atoms with E-state index >= 15 is 0 Å². The molecule has 6 heteroatoms. The number of hydrogen-bond donors (Lipinski definition) is 0. The van der Waals surface area contributed by atoms with Crippen LogP contribution in [0.15, 0.2) is 18.2 Å². The summed E-state index contributed by atoms with van der Waals surface area (Å²) in [6.07, 6.45) is 0.662. The molecule has 102 valence electrons. The van der Waals surface area contributed by atoms with Crippen molar-refractivity contribution in [3.05, 3.63) is 29.8 Å². The standard InChI is InChI=1S/C13H15ClFN3O/c14-4-3-13-16-11-2-1-10(15)9-12(11)18(13)17-5-7-19-8-6-17/h1-2,9H,3-8H2. The van der Waals surface area contributed by atoms with E-state index in [9.17, 15) is 4.39 Å². The minimum absolute atomic E-state index is 0.251. The Morgan fingerprint density at radius 2 is 2.11 bits per heavy atom. The van der Waals surface area contributed by atoms with E-state index in [1.807, 2.05) is 4.68 Å². The van der Waals surface area contributed by atoms with Crippen LogP contribution in [0.2, 0.25) is 0 Å². The molecule has 1 saturated heterocycles. The number of halogens is 2. The molecular formula is C13H15ClFN3O. The Balaban J connectivity index is 2.11. The number of aromatic nitrogens is 2. The van der Waals surface area contributed by atoms with Gasteiger partial charge < -0.3 is 9.75 Å². The Bertz CT molecular complexity index is 581. The van der Waals surface area contributed by atoms with Crippen LogP contribution in [0.5, 0.6) is 0 Å². The van der Waals surface area contributed by atoms with Crippen LogP contribution in [0.4, 0.5) is 4.39 Å². The Hall–Kier alpha value is -1.33. The fourth-order valence-electron chi connectivity index (χ4n) is 2.40. The molecule has 0 aliphatic carbocycles. The average Bonchev–Trinajstić information content (AvgIpc) is 2.77. The summed E-state index contributed by atoms with van der Waals surface area (Å²) in [6, 6.07) is 4.67. The SMILES string of the molecule is Fc1ccc2nc(CCCl)n(N3CCOCC3)c2c1. The van der Waals surface area contributed by atoms with Gasteiger partial charge in [-0.15, -0.1) is 11.6 Å². The van der Waals surface area contributed by atoms with Crippen LogP contribution in [-0.2, 0) is 11.2 Å². The van der Waals surface area contributed by atoms with Gasteiger partial charge in [0.25, 0.3) is 0 Å². The molecule has 1 aromatic carbocycles. The Labute approximate surface area is 115 Å².